The number of nitrogen functional groups attached to an aromatic ring is 1. The lowest BCUT2D eigenvalue weighted by Crippen LogP contribution is -1.85. The van der Waals surface area contributed by atoms with Crippen molar-refractivity contribution in [2.75, 3.05) is 5.73 Å². The third kappa shape index (κ3) is 2.81. The summed E-state index contributed by atoms with van der Waals surface area (Å²) in [7, 11) is 0. The Hall–Kier alpha value is -1.53. The van der Waals surface area contributed by atoms with Crippen LogP contribution in [0.25, 0.3) is 11.1 Å². The summed E-state index contributed by atoms with van der Waals surface area (Å²) in [5.41, 5.74) is 8.79. The summed E-state index contributed by atoms with van der Waals surface area (Å²) in [6.45, 7) is 0. The van der Waals surface area contributed by atoms with E-state index >= 15 is 0 Å². The maximum absolute atomic E-state index is 13.0. The minimum Gasteiger partial charge on any atom is -0.431 e. The predicted molar refractivity (Wildman–Crippen MR) is 82.1 cm³/mol. The Balaban J connectivity index is 1.79. The second kappa shape index (κ2) is 5.46. The second-order valence-electron chi connectivity index (χ2n) is 4.23. The molecule has 0 unspecified atom stereocenters. The van der Waals surface area contributed by atoms with Gasteiger partial charge < -0.3 is 10.2 Å². The largest absolute Gasteiger partial charge is 0.431 e. The highest BCUT2D eigenvalue weighted by molar-refractivity contribution is 9.10. The molecule has 3 rings (SSSR count). The molecule has 0 fully saturated rings. The van der Waals surface area contributed by atoms with E-state index in [1.54, 1.807) is 24.3 Å². The van der Waals surface area contributed by atoms with Crippen molar-refractivity contribution < 1.29 is 8.81 Å². The molecule has 1 aromatic heterocycles. The van der Waals surface area contributed by atoms with Crippen LogP contribution in [0.15, 0.2) is 50.5 Å². The van der Waals surface area contributed by atoms with Crippen LogP contribution in [0.2, 0.25) is 0 Å². The van der Waals surface area contributed by atoms with Gasteiger partial charge >= 0.3 is 0 Å². The molecule has 0 aliphatic rings. The van der Waals surface area contributed by atoms with Gasteiger partial charge in [0.15, 0.2) is 5.58 Å². The summed E-state index contributed by atoms with van der Waals surface area (Å²) >= 11 is 4.80. The van der Waals surface area contributed by atoms with Gasteiger partial charge in [0, 0.05) is 15.9 Å². The molecule has 2 N–H and O–H groups in total. The summed E-state index contributed by atoms with van der Waals surface area (Å²) < 4.78 is 19.4. The SMILES string of the molecule is Nc1ccc2oc(SCc3ccc(F)cc3Br)nc2c1. The third-order valence-corrected chi connectivity index (χ3v) is 4.37. The molecule has 0 spiro atoms. The molecule has 102 valence electrons. The zero-order valence-corrected chi connectivity index (χ0v) is 12.7. The highest BCUT2D eigenvalue weighted by atomic mass is 79.9. The molecule has 0 radical (unpaired) electrons. The normalized spacial score (nSPS) is 11.1. The Morgan fingerprint density at radius 1 is 1.25 bits per heavy atom. The van der Waals surface area contributed by atoms with E-state index in [-0.39, 0.29) is 5.82 Å². The number of nitrogens with zero attached hydrogens (tertiary/aromatic N) is 1. The highest BCUT2D eigenvalue weighted by Crippen LogP contribution is 2.29. The van der Waals surface area contributed by atoms with Crippen LogP contribution in [0.5, 0.6) is 0 Å². The lowest BCUT2D eigenvalue weighted by Gasteiger charge is -2.01. The Morgan fingerprint density at radius 2 is 2.10 bits per heavy atom. The molecule has 2 aromatic carbocycles. The number of oxazole rings is 1. The number of aromatic nitrogens is 1. The number of nitrogens with two attached hydrogens (primary N) is 1. The second-order valence-corrected chi connectivity index (χ2v) is 6.01. The number of rotatable bonds is 3. The van der Waals surface area contributed by atoms with Gasteiger partial charge in [0.2, 0.25) is 0 Å². The van der Waals surface area contributed by atoms with Crippen LogP contribution < -0.4 is 5.73 Å². The highest BCUT2D eigenvalue weighted by Gasteiger charge is 2.08. The van der Waals surface area contributed by atoms with Crippen molar-refractivity contribution in [2.45, 2.75) is 11.0 Å². The van der Waals surface area contributed by atoms with E-state index in [2.05, 4.69) is 20.9 Å². The molecule has 1 heterocycles. The molecule has 3 nitrogen and oxygen atoms in total. The molecule has 0 amide bonds. The third-order valence-electron chi connectivity index (χ3n) is 2.76. The summed E-state index contributed by atoms with van der Waals surface area (Å²) in [5.74, 6) is 0.381. The first-order chi connectivity index (χ1) is 9.61. The van der Waals surface area contributed by atoms with Crippen LogP contribution in [0.4, 0.5) is 10.1 Å². The molecular weight excluding hydrogens is 343 g/mol. The van der Waals surface area contributed by atoms with E-state index in [9.17, 15) is 4.39 Å². The number of thioether (sulfide) groups is 1. The predicted octanol–water partition coefficient (Wildman–Crippen LogP) is 4.60. The van der Waals surface area contributed by atoms with Crippen LogP contribution >= 0.6 is 27.7 Å². The Morgan fingerprint density at radius 3 is 2.90 bits per heavy atom. The Bertz CT molecular complexity index is 775. The fourth-order valence-corrected chi connectivity index (χ4v) is 3.28. The standard InChI is InChI=1S/C14H10BrFN2OS/c15-11-5-9(16)2-1-8(11)7-20-14-18-12-6-10(17)3-4-13(12)19-14/h1-6H,7,17H2. The molecule has 0 saturated heterocycles. The number of fused-ring (bicyclic) bond motifs is 1. The van der Waals surface area contributed by atoms with Gasteiger partial charge in [-0.05, 0) is 35.9 Å². The van der Waals surface area contributed by atoms with Crippen molar-refractivity contribution >= 4 is 44.5 Å². The van der Waals surface area contributed by atoms with Gasteiger partial charge in [0.05, 0.1) is 0 Å². The summed E-state index contributed by atoms with van der Waals surface area (Å²) in [6, 6.07) is 9.98. The van der Waals surface area contributed by atoms with Gasteiger partial charge in [0.25, 0.3) is 5.22 Å². The van der Waals surface area contributed by atoms with E-state index in [1.807, 2.05) is 0 Å². The quantitative estimate of drug-likeness (QED) is 0.552. The van der Waals surface area contributed by atoms with Crippen molar-refractivity contribution in [3.63, 3.8) is 0 Å². The molecule has 3 aromatic rings. The first-order valence-corrected chi connectivity index (χ1v) is 7.62. The Kier molecular flexibility index (Phi) is 3.67. The molecule has 0 saturated carbocycles. The lowest BCUT2D eigenvalue weighted by atomic mass is 10.2. The summed E-state index contributed by atoms with van der Waals surface area (Å²) in [4.78, 5) is 4.36. The minimum atomic E-state index is -0.261. The van der Waals surface area contributed by atoms with Crippen molar-refractivity contribution in [3.8, 4) is 0 Å². The molecule has 0 atom stereocenters. The van der Waals surface area contributed by atoms with Gasteiger partial charge in [-0.2, -0.15) is 0 Å². The van der Waals surface area contributed by atoms with E-state index in [1.165, 1.54) is 23.9 Å². The van der Waals surface area contributed by atoms with Crippen LogP contribution in [-0.2, 0) is 5.75 Å². The van der Waals surface area contributed by atoms with E-state index in [4.69, 9.17) is 10.2 Å². The molecule has 20 heavy (non-hydrogen) atoms. The van der Waals surface area contributed by atoms with Gasteiger partial charge in [0.1, 0.15) is 11.3 Å². The molecule has 0 bridgehead atoms. The van der Waals surface area contributed by atoms with Crippen molar-refractivity contribution in [2.24, 2.45) is 0 Å². The number of halogens is 2. The maximum atomic E-state index is 13.0. The van der Waals surface area contributed by atoms with Gasteiger partial charge in [-0.1, -0.05) is 33.8 Å². The average molecular weight is 353 g/mol. The fourth-order valence-electron chi connectivity index (χ4n) is 1.76. The minimum absolute atomic E-state index is 0.261. The van der Waals surface area contributed by atoms with E-state index in [0.717, 1.165) is 15.6 Å². The smallest absolute Gasteiger partial charge is 0.257 e. The first kappa shape index (κ1) is 13.5. The molecule has 0 aliphatic heterocycles. The lowest BCUT2D eigenvalue weighted by molar-refractivity contribution is 0.489. The monoisotopic (exact) mass is 352 g/mol. The Labute approximate surface area is 127 Å². The molecule has 6 heteroatoms. The fraction of sp³-hybridized carbons (Fsp3) is 0.0714. The van der Waals surface area contributed by atoms with Gasteiger partial charge in [-0.3, -0.25) is 0 Å². The van der Waals surface area contributed by atoms with Gasteiger partial charge in [-0.15, -0.1) is 0 Å². The van der Waals surface area contributed by atoms with E-state index < -0.39 is 0 Å². The van der Waals surface area contributed by atoms with Crippen LogP contribution in [-0.4, -0.2) is 4.98 Å². The zero-order chi connectivity index (χ0) is 14.1. The zero-order valence-electron chi connectivity index (χ0n) is 10.3. The molecular formula is C14H10BrFN2OS. The first-order valence-electron chi connectivity index (χ1n) is 5.84. The van der Waals surface area contributed by atoms with Crippen molar-refractivity contribution in [3.05, 3.63) is 52.3 Å². The number of anilines is 1. The maximum Gasteiger partial charge on any atom is 0.257 e. The summed E-state index contributed by atoms with van der Waals surface area (Å²) in [5, 5.41) is 0.571. The van der Waals surface area contributed by atoms with Crippen LogP contribution in [0, 0.1) is 5.82 Å². The van der Waals surface area contributed by atoms with Crippen molar-refractivity contribution in [1.29, 1.82) is 0 Å². The van der Waals surface area contributed by atoms with Crippen LogP contribution in [0.1, 0.15) is 5.56 Å². The topological polar surface area (TPSA) is 52.0 Å². The number of hydrogen-bond donors (Lipinski definition) is 1. The van der Waals surface area contributed by atoms with Gasteiger partial charge in [-0.25, -0.2) is 9.37 Å². The summed E-state index contributed by atoms with van der Waals surface area (Å²) in [6.07, 6.45) is 0. The molecule has 0 aliphatic carbocycles. The number of benzene rings is 2. The van der Waals surface area contributed by atoms with Crippen molar-refractivity contribution in [1.82, 2.24) is 4.98 Å². The van der Waals surface area contributed by atoms with E-state index in [0.29, 0.717) is 22.2 Å². The number of hydrogen-bond acceptors (Lipinski definition) is 4. The average Bonchev–Trinajstić information content (AvgIpc) is 2.79. The van der Waals surface area contributed by atoms with Crippen LogP contribution in [0.3, 0.4) is 0 Å².